The van der Waals surface area contributed by atoms with E-state index in [-0.39, 0.29) is 17.0 Å². The van der Waals surface area contributed by atoms with Crippen LogP contribution < -0.4 is 15.4 Å². The number of amides is 1. The summed E-state index contributed by atoms with van der Waals surface area (Å²) in [5.74, 6) is 0.196. The molecule has 1 fully saturated rings. The number of anilines is 3. The molecular formula is C26H29ClFN5O3. The lowest BCUT2D eigenvalue weighted by atomic mass is 10.1. The fourth-order valence-corrected chi connectivity index (χ4v) is 4.02. The minimum atomic E-state index is -0.508. The summed E-state index contributed by atoms with van der Waals surface area (Å²) in [5, 5.41) is 6.73. The van der Waals surface area contributed by atoms with E-state index < -0.39 is 5.82 Å². The van der Waals surface area contributed by atoms with Crippen molar-refractivity contribution in [1.29, 1.82) is 0 Å². The van der Waals surface area contributed by atoms with E-state index >= 15 is 0 Å². The van der Waals surface area contributed by atoms with Gasteiger partial charge in [-0.25, -0.2) is 14.4 Å². The van der Waals surface area contributed by atoms with E-state index in [1.165, 1.54) is 24.5 Å². The molecule has 0 radical (unpaired) electrons. The van der Waals surface area contributed by atoms with Gasteiger partial charge < -0.3 is 25.0 Å². The summed E-state index contributed by atoms with van der Waals surface area (Å²) in [7, 11) is 0. The van der Waals surface area contributed by atoms with Crippen LogP contribution in [0.3, 0.4) is 0 Å². The zero-order valence-corrected chi connectivity index (χ0v) is 21.0. The van der Waals surface area contributed by atoms with Crippen molar-refractivity contribution in [3.8, 4) is 5.75 Å². The Balaban J connectivity index is 1.64. The summed E-state index contributed by atoms with van der Waals surface area (Å²) in [6.07, 6.45) is 5.43. The molecule has 0 spiro atoms. The van der Waals surface area contributed by atoms with Crippen LogP contribution in [0, 0.1) is 5.82 Å². The van der Waals surface area contributed by atoms with Gasteiger partial charge in [0.15, 0.2) is 0 Å². The molecule has 0 unspecified atom stereocenters. The van der Waals surface area contributed by atoms with Gasteiger partial charge in [-0.1, -0.05) is 31.5 Å². The molecule has 190 valence electrons. The van der Waals surface area contributed by atoms with Gasteiger partial charge in [-0.3, -0.25) is 4.79 Å². The lowest BCUT2D eigenvalue weighted by Gasteiger charge is -2.18. The van der Waals surface area contributed by atoms with Gasteiger partial charge in [0.2, 0.25) is 5.91 Å². The molecule has 36 heavy (non-hydrogen) atoms. The summed E-state index contributed by atoms with van der Waals surface area (Å²) in [6, 6.07) is 7.86. The molecule has 1 amide bonds. The highest BCUT2D eigenvalue weighted by Crippen LogP contribution is 2.35. The zero-order valence-electron chi connectivity index (χ0n) is 20.3. The highest BCUT2D eigenvalue weighted by molar-refractivity contribution is 6.31. The lowest BCUT2D eigenvalue weighted by Crippen LogP contribution is -2.23. The number of carbonyl (C=O) groups excluding carboxylic acids is 1. The van der Waals surface area contributed by atoms with Crippen LogP contribution in [0.15, 0.2) is 48.8 Å². The van der Waals surface area contributed by atoms with Gasteiger partial charge in [-0.05, 0) is 37.4 Å². The molecule has 1 aliphatic rings. The average molecular weight is 514 g/mol. The lowest BCUT2D eigenvalue weighted by molar-refractivity contribution is -0.111. The largest absolute Gasteiger partial charge is 0.486 e. The molecule has 4 rings (SSSR count). The molecule has 3 aromatic rings. The Bertz CT molecular complexity index is 1250. The topological polar surface area (TPSA) is 88.6 Å². The van der Waals surface area contributed by atoms with E-state index in [4.69, 9.17) is 21.1 Å². The molecular weight excluding hydrogens is 485 g/mol. The van der Waals surface area contributed by atoms with Crippen LogP contribution in [-0.4, -0.2) is 59.7 Å². The maximum Gasteiger partial charge on any atom is 0.248 e. The van der Waals surface area contributed by atoms with Gasteiger partial charge >= 0.3 is 0 Å². The number of ether oxygens (including phenoxy) is 2. The third kappa shape index (κ3) is 6.48. The number of aromatic nitrogens is 2. The summed E-state index contributed by atoms with van der Waals surface area (Å²) in [4.78, 5) is 23.7. The Morgan fingerprint density at radius 2 is 2.11 bits per heavy atom. The molecule has 2 N–H and O–H groups in total. The van der Waals surface area contributed by atoms with Gasteiger partial charge in [-0.2, -0.15) is 0 Å². The van der Waals surface area contributed by atoms with Gasteiger partial charge in [0.25, 0.3) is 0 Å². The number of nitrogens with zero attached hydrogens (tertiary/aromatic N) is 3. The van der Waals surface area contributed by atoms with Crippen molar-refractivity contribution >= 4 is 45.6 Å². The van der Waals surface area contributed by atoms with Gasteiger partial charge in [-0.15, -0.1) is 0 Å². The second-order valence-corrected chi connectivity index (χ2v) is 8.73. The number of hydrogen-bond donors (Lipinski definition) is 2. The first-order chi connectivity index (χ1) is 17.5. The first kappa shape index (κ1) is 25.8. The monoisotopic (exact) mass is 513 g/mol. The molecule has 8 nitrogen and oxygen atoms in total. The summed E-state index contributed by atoms with van der Waals surface area (Å²) >= 11 is 5.93. The van der Waals surface area contributed by atoms with Crippen molar-refractivity contribution < 1.29 is 18.7 Å². The van der Waals surface area contributed by atoms with Crippen LogP contribution in [0.1, 0.15) is 20.3 Å². The number of benzene rings is 2. The predicted molar refractivity (Wildman–Crippen MR) is 140 cm³/mol. The van der Waals surface area contributed by atoms with E-state index in [9.17, 15) is 9.18 Å². The fourth-order valence-electron chi connectivity index (χ4n) is 3.84. The number of hydrogen-bond acceptors (Lipinski definition) is 7. The Labute approximate surface area is 214 Å². The van der Waals surface area contributed by atoms with Crippen molar-refractivity contribution in [2.75, 3.05) is 43.5 Å². The maximum atomic E-state index is 13.6. The van der Waals surface area contributed by atoms with Crippen molar-refractivity contribution in [2.45, 2.75) is 26.4 Å². The molecule has 0 bridgehead atoms. The number of fused-ring (bicyclic) bond motifs is 1. The number of halogens is 2. The second kappa shape index (κ2) is 12.1. The molecule has 10 heteroatoms. The van der Waals surface area contributed by atoms with Crippen LogP contribution in [0.4, 0.5) is 21.6 Å². The third-order valence-electron chi connectivity index (χ3n) is 5.89. The van der Waals surface area contributed by atoms with Crippen LogP contribution in [0.2, 0.25) is 5.02 Å². The van der Waals surface area contributed by atoms with E-state index in [1.54, 1.807) is 18.2 Å². The smallest absolute Gasteiger partial charge is 0.248 e. The van der Waals surface area contributed by atoms with Crippen molar-refractivity contribution in [3.05, 3.63) is 59.7 Å². The average Bonchev–Trinajstić information content (AvgIpc) is 3.38. The first-order valence-corrected chi connectivity index (χ1v) is 12.3. The Hall–Kier alpha value is -3.27. The quantitative estimate of drug-likeness (QED) is 0.361. The first-order valence-electron chi connectivity index (χ1n) is 11.9. The van der Waals surface area contributed by atoms with E-state index in [0.717, 1.165) is 19.5 Å². The molecule has 1 aliphatic heterocycles. The molecule has 0 aliphatic carbocycles. The van der Waals surface area contributed by atoms with E-state index in [2.05, 4.69) is 39.3 Å². The SMILES string of the molecule is CCN(CC)CC=CC(=O)Nc1cc2c(Nc3ccc(F)c(Cl)c3)ncnc2cc1O[C@H]1CCOC1. The maximum absolute atomic E-state index is 13.6. The molecule has 0 saturated carbocycles. The number of nitrogens with one attached hydrogen (secondary N) is 2. The summed E-state index contributed by atoms with van der Waals surface area (Å²) in [6.45, 7) is 7.77. The normalized spacial score (nSPS) is 15.6. The van der Waals surface area contributed by atoms with Gasteiger partial charge in [0.1, 0.15) is 29.8 Å². The Kier molecular flexibility index (Phi) is 8.69. The van der Waals surface area contributed by atoms with Crippen LogP contribution in [0.5, 0.6) is 5.75 Å². The van der Waals surface area contributed by atoms with Crippen molar-refractivity contribution in [3.63, 3.8) is 0 Å². The summed E-state index contributed by atoms with van der Waals surface area (Å²) < 4.78 is 25.2. The van der Waals surface area contributed by atoms with E-state index in [0.29, 0.717) is 53.6 Å². The minimum Gasteiger partial charge on any atom is -0.486 e. The standard InChI is InChI=1S/C26H29ClFN5O3/c1-3-33(4-2)10-5-6-25(34)32-23-13-19-22(14-24(23)36-18-9-11-35-15-18)29-16-30-26(19)31-17-7-8-21(28)20(27)12-17/h5-8,12-14,16,18H,3-4,9-11,15H2,1-2H3,(H,32,34)(H,29,30,31)/t18-/m0/s1. The molecule has 1 aromatic heterocycles. The molecule has 2 heterocycles. The highest BCUT2D eigenvalue weighted by atomic mass is 35.5. The predicted octanol–water partition coefficient (Wildman–Crippen LogP) is 5.17. The van der Waals surface area contributed by atoms with Crippen molar-refractivity contribution in [1.82, 2.24) is 14.9 Å². The summed E-state index contributed by atoms with van der Waals surface area (Å²) in [5.41, 5.74) is 1.67. The van der Waals surface area contributed by atoms with Crippen LogP contribution in [0.25, 0.3) is 10.9 Å². The Morgan fingerprint density at radius 1 is 1.28 bits per heavy atom. The molecule has 2 aromatic carbocycles. The van der Waals surface area contributed by atoms with Crippen molar-refractivity contribution in [2.24, 2.45) is 0 Å². The van der Waals surface area contributed by atoms with Crippen LogP contribution in [-0.2, 0) is 9.53 Å². The highest BCUT2D eigenvalue weighted by Gasteiger charge is 2.21. The van der Waals surface area contributed by atoms with Gasteiger partial charge in [0, 0.05) is 36.2 Å². The second-order valence-electron chi connectivity index (χ2n) is 8.32. The number of rotatable bonds is 10. The Morgan fingerprint density at radius 3 is 2.83 bits per heavy atom. The number of likely N-dealkylation sites (N-methyl/N-ethyl adjacent to an activating group) is 1. The third-order valence-corrected chi connectivity index (χ3v) is 6.18. The fraction of sp³-hybridized carbons (Fsp3) is 0.346. The zero-order chi connectivity index (χ0) is 25.5. The molecule has 1 saturated heterocycles. The molecule has 1 atom stereocenters. The van der Waals surface area contributed by atoms with Gasteiger partial charge in [0.05, 0.1) is 29.4 Å². The van der Waals surface area contributed by atoms with Crippen LogP contribution >= 0.6 is 11.6 Å². The number of carbonyl (C=O) groups is 1. The minimum absolute atomic E-state index is 0.00252. The van der Waals surface area contributed by atoms with E-state index in [1.807, 2.05) is 6.08 Å².